The van der Waals surface area contributed by atoms with Gasteiger partial charge in [-0.2, -0.15) is 9.57 Å². The predicted octanol–water partition coefficient (Wildman–Crippen LogP) is 4.59. The van der Waals surface area contributed by atoms with Crippen LogP contribution in [0.1, 0.15) is 30.5 Å². The van der Waals surface area contributed by atoms with Crippen molar-refractivity contribution >= 4 is 33.0 Å². The maximum Gasteiger partial charge on any atom is 0.276 e. The minimum atomic E-state index is -4.44. The van der Waals surface area contributed by atoms with Crippen LogP contribution in [0.5, 0.6) is 11.6 Å². The SMILES string of the molecule is CCOc1ncccc1C1(Nc2ccc(N3CCN(CC)CC3)cc2)C(=O)N(S(=O)(=O)c2ccc(OC)cc2)c2ccc(C#N)cc21. The van der Waals surface area contributed by atoms with Gasteiger partial charge < -0.3 is 24.6 Å². The molecule has 1 N–H and O–H groups in total. The average Bonchev–Trinajstić information content (AvgIpc) is 3.36. The molecular formula is C35H36N6O5S. The third kappa shape index (κ3) is 5.62. The van der Waals surface area contributed by atoms with Crippen molar-refractivity contribution in [3.05, 3.63) is 102 Å². The number of pyridine rings is 1. The van der Waals surface area contributed by atoms with Crippen LogP contribution in [-0.4, -0.2) is 70.6 Å². The number of ether oxygens (including phenoxy) is 2. The molecule has 2 aliphatic heterocycles. The lowest BCUT2D eigenvalue weighted by molar-refractivity contribution is -0.120. The van der Waals surface area contributed by atoms with Gasteiger partial charge in [-0.15, -0.1) is 0 Å². The van der Waals surface area contributed by atoms with Gasteiger partial charge in [0.05, 0.1) is 41.5 Å². The standard InChI is InChI=1S/C35H36N6O5S/c1-4-39-19-21-40(22-20-39)27-11-9-26(10-12-27)38-35(30-7-6-18-37-33(30)46-5-2)31-23-25(24-36)8-17-32(31)41(34(35)42)47(43,44)29-15-13-28(45-3)14-16-29/h6-18,23,38H,4-5,19-22H2,1-3H3. The van der Waals surface area contributed by atoms with Gasteiger partial charge in [0.15, 0.2) is 5.54 Å². The van der Waals surface area contributed by atoms with Crippen molar-refractivity contribution in [3.63, 3.8) is 0 Å². The molecule has 3 aromatic carbocycles. The van der Waals surface area contributed by atoms with E-state index in [1.54, 1.807) is 31.3 Å². The van der Waals surface area contributed by atoms with Crippen LogP contribution in [0.15, 0.2) is 90.0 Å². The van der Waals surface area contributed by atoms with Crippen LogP contribution in [0.3, 0.4) is 0 Å². The summed E-state index contributed by atoms with van der Waals surface area (Å²) in [4.78, 5) is 24.1. The number of hydrogen-bond donors (Lipinski definition) is 1. The molecule has 1 amide bonds. The Balaban J connectivity index is 1.51. The number of piperazine rings is 1. The highest BCUT2D eigenvalue weighted by molar-refractivity contribution is 7.93. The second-order valence-corrected chi connectivity index (χ2v) is 13.0. The van der Waals surface area contributed by atoms with Crippen LogP contribution in [0.4, 0.5) is 17.1 Å². The number of likely N-dealkylation sites (N-methyl/N-ethyl adjacent to an activating group) is 1. The third-order valence-electron chi connectivity index (χ3n) is 8.69. The number of aromatic nitrogens is 1. The molecule has 242 valence electrons. The van der Waals surface area contributed by atoms with Gasteiger partial charge in [0.25, 0.3) is 15.9 Å². The molecule has 4 aromatic rings. The minimum Gasteiger partial charge on any atom is -0.497 e. The zero-order valence-electron chi connectivity index (χ0n) is 26.5. The molecule has 47 heavy (non-hydrogen) atoms. The van der Waals surface area contributed by atoms with E-state index < -0.39 is 21.5 Å². The van der Waals surface area contributed by atoms with Gasteiger partial charge in [0.1, 0.15) is 5.75 Å². The molecule has 1 aromatic heterocycles. The second-order valence-electron chi connectivity index (χ2n) is 11.2. The van der Waals surface area contributed by atoms with Crippen LogP contribution >= 0.6 is 0 Å². The number of hydrogen-bond acceptors (Lipinski definition) is 10. The Morgan fingerprint density at radius 3 is 2.32 bits per heavy atom. The van der Waals surface area contributed by atoms with Gasteiger partial charge in [-0.1, -0.05) is 6.92 Å². The maximum absolute atomic E-state index is 15.0. The second kappa shape index (κ2) is 12.9. The van der Waals surface area contributed by atoms with Gasteiger partial charge in [0.2, 0.25) is 5.88 Å². The average molecular weight is 653 g/mol. The summed E-state index contributed by atoms with van der Waals surface area (Å²) in [5.74, 6) is -0.149. The largest absolute Gasteiger partial charge is 0.497 e. The van der Waals surface area contributed by atoms with Crippen molar-refractivity contribution in [3.8, 4) is 17.7 Å². The predicted molar refractivity (Wildman–Crippen MR) is 179 cm³/mol. The van der Waals surface area contributed by atoms with Crippen molar-refractivity contribution in [2.24, 2.45) is 0 Å². The highest BCUT2D eigenvalue weighted by Crippen LogP contribution is 2.50. The number of nitriles is 1. The van der Waals surface area contributed by atoms with E-state index in [-0.39, 0.29) is 34.2 Å². The lowest BCUT2D eigenvalue weighted by atomic mass is 9.83. The molecule has 1 unspecified atom stereocenters. The lowest BCUT2D eigenvalue weighted by Crippen LogP contribution is -2.49. The first-order valence-electron chi connectivity index (χ1n) is 15.5. The molecule has 2 aliphatic rings. The van der Waals surface area contributed by atoms with E-state index >= 15 is 4.79 Å². The summed E-state index contributed by atoms with van der Waals surface area (Å²) in [5, 5.41) is 13.3. The van der Waals surface area contributed by atoms with Crippen molar-refractivity contribution < 1.29 is 22.7 Å². The highest BCUT2D eigenvalue weighted by Gasteiger charge is 2.58. The first-order chi connectivity index (χ1) is 22.8. The fourth-order valence-corrected chi connectivity index (χ4v) is 7.69. The van der Waals surface area contributed by atoms with Gasteiger partial charge in [-0.25, -0.2) is 13.4 Å². The normalized spacial score (nSPS) is 18.0. The van der Waals surface area contributed by atoms with Gasteiger partial charge >= 0.3 is 0 Å². The Labute approximate surface area is 275 Å². The number of rotatable bonds is 10. The molecule has 0 aliphatic carbocycles. The molecule has 11 nitrogen and oxygen atoms in total. The summed E-state index contributed by atoms with van der Waals surface area (Å²) in [5.41, 5.74) is 0.768. The van der Waals surface area contributed by atoms with Gasteiger partial charge in [-0.05, 0) is 92.3 Å². The Morgan fingerprint density at radius 1 is 0.957 bits per heavy atom. The Bertz CT molecular complexity index is 1920. The zero-order chi connectivity index (χ0) is 33.2. The van der Waals surface area contributed by atoms with Crippen LogP contribution in [0.25, 0.3) is 0 Å². The van der Waals surface area contributed by atoms with Crippen molar-refractivity contribution in [1.82, 2.24) is 9.88 Å². The summed E-state index contributed by atoms with van der Waals surface area (Å²) < 4.78 is 40.6. The zero-order valence-corrected chi connectivity index (χ0v) is 27.3. The summed E-state index contributed by atoms with van der Waals surface area (Å²) in [6.45, 7) is 9.00. The number of sulfonamides is 1. The quantitative estimate of drug-likeness (QED) is 0.260. The monoisotopic (exact) mass is 652 g/mol. The van der Waals surface area contributed by atoms with Crippen LogP contribution in [-0.2, 0) is 20.4 Å². The van der Waals surface area contributed by atoms with Crippen LogP contribution in [0, 0.1) is 11.3 Å². The number of carbonyl (C=O) groups is 1. The smallest absolute Gasteiger partial charge is 0.276 e. The molecule has 0 radical (unpaired) electrons. The topological polar surface area (TPSA) is 128 Å². The summed E-state index contributed by atoms with van der Waals surface area (Å²) in [6.07, 6.45) is 1.55. The first kappa shape index (κ1) is 31.8. The van der Waals surface area contributed by atoms with E-state index in [2.05, 4.69) is 33.1 Å². The molecule has 1 fully saturated rings. The van der Waals surface area contributed by atoms with Crippen molar-refractivity contribution in [2.75, 3.05) is 61.0 Å². The van der Waals surface area contributed by atoms with E-state index in [1.165, 1.54) is 43.5 Å². The molecule has 1 saturated heterocycles. The number of nitrogens with one attached hydrogen (secondary N) is 1. The highest BCUT2D eigenvalue weighted by atomic mass is 32.2. The molecule has 6 rings (SSSR count). The van der Waals surface area contributed by atoms with E-state index in [0.29, 0.717) is 17.0 Å². The summed E-state index contributed by atoms with van der Waals surface area (Å²) >= 11 is 0. The molecule has 1 atom stereocenters. The Kier molecular flexibility index (Phi) is 8.77. The first-order valence-corrected chi connectivity index (χ1v) is 16.9. The molecule has 0 bridgehead atoms. The number of benzene rings is 3. The number of carbonyl (C=O) groups excluding carboxylic acids is 1. The van der Waals surface area contributed by atoms with E-state index in [0.717, 1.165) is 42.7 Å². The number of anilines is 3. The number of nitrogens with zero attached hydrogens (tertiary/aromatic N) is 5. The summed E-state index contributed by atoms with van der Waals surface area (Å²) in [7, 11) is -2.95. The van der Waals surface area contributed by atoms with Crippen molar-refractivity contribution in [1.29, 1.82) is 5.26 Å². The lowest BCUT2D eigenvalue weighted by Gasteiger charge is -2.36. The fraction of sp³-hybridized carbons (Fsp3) is 0.286. The van der Waals surface area contributed by atoms with Gasteiger partial charge in [0, 0.05) is 49.3 Å². The Morgan fingerprint density at radius 2 is 1.68 bits per heavy atom. The van der Waals surface area contributed by atoms with Gasteiger partial charge in [-0.3, -0.25) is 4.79 Å². The Hall–Kier alpha value is -5.12. The van der Waals surface area contributed by atoms with E-state index in [9.17, 15) is 13.7 Å². The number of methoxy groups -OCH3 is 1. The van der Waals surface area contributed by atoms with Crippen molar-refractivity contribution in [2.45, 2.75) is 24.3 Å². The third-order valence-corrected chi connectivity index (χ3v) is 10.4. The molecule has 0 spiro atoms. The molecule has 3 heterocycles. The number of amides is 1. The molecule has 12 heteroatoms. The van der Waals surface area contributed by atoms with E-state index in [1.807, 2.05) is 24.3 Å². The molecule has 0 saturated carbocycles. The summed E-state index contributed by atoms with van der Waals surface area (Å²) in [6, 6.07) is 23.6. The minimum absolute atomic E-state index is 0.0958. The van der Waals surface area contributed by atoms with E-state index in [4.69, 9.17) is 9.47 Å². The maximum atomic E-state index is 15.0. The van der Waals surface area contributed by atoms with Crippen LogP contribution in [0.2, 0.25) is 0 Å². The fourth-order valence-electron chi connectivity index (χ4n) is 6.22. The number of fused-ring (bicyclic) bond motifs is 1. The molecular weight excluding hydrogens is 616 g/mol. The van der Waals surface area contributed by atoms with Crippen LogP contribution < -0.4 is 24.0 Å².